The molecule has 0 bridgehead atoms. The van der Waals surface area contributed by atoms with Crippen LogP contribution < -0.4 is 10.5 Å². The van der Waals surface area contributed by atoms with E-state index in [1.54, 1.807) is 12.1 Å². The standard InChI is InChI=1S/C18H20FNO/c1-18(2)11-14-10-13(6-7-17(14)21-18)16(20)9-12-4-3-5-15(19)8-12/h3-8,10,16H,9,11,20H2,1-2H3. The summed E-state index contributed by atoms with van der Waals surface area (Å²) in [6.07, 6.45) is 1.52. The Morgan fingerprint density at radius 1 is 1.24 bits per heavy atom. The monoisotopic (exact) mass is 285 g/mol. The fraction of sp³-hybridized carbons (Fsp3) is 0.333. The molecule has 0 spiro atoms. The Bertz CT molecular complexity index is 666. The molecule has 21 heavy (non-hydrogen) atoms. The van der Waals surface area contributed by atoms with Crippen molar-refractivity contribution in [1.29, 1.82) is 0 Å². The van der Waals surface area contributed by atoms with Crippen LogP contribution in [0.25, 0.3) is 0 Å². The Labute approximate surface area is 124 Å². The number of benzene rings is 2. The second kappa shape index (κ2) is 5.15. The third-order valence-corrected chi connectivity index (χ3v) is 3.86. The van der Waals surface area contributed by atoms with Gasteiger partial charge < -0.3 is 10.5 Å². The Balaban J connectivity index is 1.79. The number of ether oxygens (including phenoxy) is 1. The molecule has 1 atom stereocenters. The van der Waals surface area contributed by atoms with Crippen molar-refractivity contribution in [3.05, 3.63) is 65.0 Å². The Kier molecular flexibility index (Phi) is 3.46. The van der Waals surface area contributed by atoms with Crippen LogP contribution in [0.1, 0.15) is 36.6 Å². The van der Waals surface area contributed by atoms with E-state index in [1.807, 2.05) is 18.2 Å². The third-order valence-electron chi connectivity index (χ3n) is 3.86. The molecular weight excluding hydrogens is 265 g/mol. The molecule has 1 unspecified atom stereocenters. The second-order valence-corrected chi connectivity index (χ2v) is 6.35. The summed E-state index contributed by atoms with van der Waals surface area (Å²) in [5.41, 5.74) is 9.32. The molecule has 1 aliphatic heterocycles. The van der Waals surface area contributed by atoms with Crippen LogP contribution in [-0.4, -0.2) is 5.60 Å². The second-order valence-electron chi connectivity index (χ2n) is 6.35. The highest BCUT2D eigenvalue weighted by Crippen LogP contribution is 2.36. The molecule has 0 amide bonds. The molecule has 3 heteroatoms. The first kappa shape index (κ1) is 14.1. The van der Waals surface area contributed by atoms with Gasteiger partial charge in [-0.3, -0.25) is 0 Å². The maximum Gasteiger partial charge on any atom is 0.123 e. The molecule has 0 saturated carbocycles. The minimum atomic E-state index is -0.219. The average molecular weight is 285 g/mol. The summed E-state index contributed by atoms with van der Waals surface area (Å²) in [7, 11) is 0. The summed E-state index contributed by atoms with van der Waals surface area (Å²) in [6, 6.07) is 12.6. The van der Waals surface area contributed by atoms with Gasteiger partial charge in [-0.2, -0.15) is 0 Å². The quantitative estimate of drug-likeness (QED) is 0.931. The number of halogens is 1. The van der Waals surface area contributed by atoms with Crippen molar-refractivity contribution in [3.63, 3.8) is 0 Å². The SMILES string of the molecule is CC1(C)Cc2cc(C(N)Cc3cccc(F)c3)ccc2O1. The van der Waals surface area contributed by atoms with Crippen LogP contribution in [0.5, 0.6) is 5.75 Å². The zero-order valence-electron chi connectivity index (χ0n) is 12.4. The summed E-state index contributed by atoms with van der Waals surface area (Å²) in [5, 5.41) is 0. The lowest BCUT2D eigenvalue weighted by Crippen LogP contribution is -2.24. The van der Waals surface area contributed by atoms with Gasteiger partial charge in [-0.1, -0.05) is 24.3 Å². The predicted molar refractivity (Wildman–Crippen MR) is 81.9 cm³/mol. The first-order chi connectivity index (χ1) is 9.93. The minimum absolute atomic E-state index is 0.138. The van der Waals surface area contributed by atoms with Gasteiger partial charge in [-0.25, -0.2) is 4.39 Å². The smallest absolute Gasteiger partial charge is 0.123 e. The molecule has 0 saturated heterocycles. The fourth-order valence-corrected chi connectivity index (χ4v) is 2.90. The molecule has 1 aliphatic rings. The lowest BCUT2D eigenvalue weighted by molar-refractivity contribution is 0.138. The Morgan fingerprint density at radius 2 is 2.05 bits per heavy atom. The third kappa shape index (κ3) is 3.08. The van der Waals surface area contributed by atoms with Gasteiger partial charge in [-0.05, 0) is 55.2 Å². The fourth-order valence-electron chi connectivity index (χ4n) is 2.90. The van der Waals surface area contributed by atoms with Gasteiger partial charge in [0, 0.05) is 12.5 Å². The molecule has 2 aromatic rings. The zero-order chi connectivity index (χ0) is 15.0. The van der Waals surface area contributed by atoms with E-state index >= 15 is 0 Å². The number of rotatable bonds is 3. The predicted octanol–water partition coefficient (Wildman–Crippen LogP) is 3.78. The van der Waals surface area contributed by atoms with Crippen molar-refractivity contribution in [2.75, 3.05) is 0 Å². The van der Waals surface area contributed by atoms with Crippen LogP contribution in [0.3, 0.4) is 0 Å². The van der Waals surface area contributed by atoms with Gasteiger partial charge in [0.1, 0.15) is 17.2 Å². The zero-order valence-corrected chi connectivity index (χ0v) is 12.4. The molecule has 110 valence electrons. The van der Waals surface area contributed by atoms with E-state index in [-0.39, 0.29) is 17.5 Å². The summed E-state index contributed by atoms with van der Waals surface area (Å²) in [6.45, 7) is 4.17. The molecule has 0 aliphatic carbocycles. The van der Waals surface area contributed by atoms with Crippen molar-refractivity contribution in [1.82, 2.24) is 0 Å². The molecular formula is C18H20FNO. The van der Waals surface area contributed by atoms with Gasteiger partial charge in [0.15, 0.2) is 0 Å². The van der Waals surface area contributed by atoms with Crippen molar-refractivity contribution in [3.8, 4) is 5.75 Å². The first-order valence-corrected chi connectivity index (χ1v) is 7.25. The molecule has 2 N–H and O–H groups in total. The van der Waals surface area contributed by atoms with E-state index in [4.69, 9.17) is 10.5 Å². The van der Waals surface area contributed by atoms with E-state index in [9.17, 15) is 4.39 Å². The summed E-state index contributed by atoms with van der Waals surface area (Å²) in [4.78, 5) is 0. The average Bonchev–Trinajstić information content (AvgIpc) is 2.71. The summed E-state index contributed by atoms with van der Waals surface area (Å²) >= 11 is 0. The van der Waals surface area contributed by atoms with E-state index in [0.717, 1.165) is 23.3 Å². The molecule has 0 radical (unpaired) electrons. The van der Waals surface area contributed by atoms with Gasteiger partial charge in [0.25, 0.3) is 0 Å². The topological polar surface area (TPSA) is 35.2 Å². The maximum atomic E-state index is 13.2. The van der Waals surface area contributed by atoms with Crippen LogP contribution in [-0.2, 0) is 12.8 Å². The Hall–Kier alpha value is -1.87. The van der Waals surface area contributed by atoms with E-state index in [2.05, 4.69) is 19.9 Å². The maximum absolute atomic E-state index is 13.2. The highest BCUT2D eigenvalue weighted by atomic mass is 19.1. The molecule has 0 aromatic heterocycles. The van der Waals surface area contributed by atoms with Crippen molar-refractivity contribution in [2.45, 2.75) is 38.3 Å². The van der Waals surface area contributed by atoms with Gasteiger partial charge in [-0.15, -0.1) is 0 Å². The van der Waals surface area contributed by atoms with E-state index in [1.165, 1.54) is 11.6 Å². The molecule has 3 rings (SSSR count). The van der Waals surface area contributed by atoms with Crippen molar-refractivity contribution in [2.24, 2.45) is 5.73 Å². The summed E-state index contributed by atoms with van der Waals surface area (Å²) < 4.78 is 19.1. The molecule has 1 heterocycles. The lowest BCUT2D eigenvalue weighted by atomic mass is 9.95. The van der Waals surface area contributed by atoms with E-state index in [0.29, 0.717) is 6.42 Å². The van der Waals surface area contributed by atoms with E-state index < -0.39 is 0 Å². The highest BCUT2D eigenvalue weighted by molar-refractivity contribution is 5.43. The van der Waals surface area contributed by atoms with Gasteiger partial charge >= 0.3 is 0 Å². The van der Waals surface area contributed by atoms with Crippen LogP contribution in [0, 0.1) is 5.82 Å². The first-order valence-electron chi connectivity index (χ1n) is 7.25. The number of nitrogens with two attached hydrogens (primary N) is 1. The molecule has 2 aromatic carbocycles. The summed E-state index contributed by atoms with van der Waals surface area (Å²) in [5.74, 6) is 0.727. The minimum Gasteiger partial charge on any atom is -0.487 e. The van der Waals surface area contributed by atoms with Crippen molar-refractivity contribution < 1.29 is 9.13 Å². The number of fused-ring (bicyclic) bond motifs is 1. The number of hydrogen-bond acceptors (Lipinski definition) is 2. The number of hydrogen-bond donors (Lipinski definition) is 1. The van der Waals surface area contributed by atoms with Crippen LogP contribution in [0.15, 0.2) is 42.5 Å². The van der Waals surface area contributed by atoms with Crippen LogP contribution in [0.4, 0.5) is 4.39 Å². The normalized spacial score (nSPS) is 17.1. The Morgan fingerprint density at radius 3 is 2.81 bits per heavy atom. The molecule has 2 nitrogen and oxygen atoms in total. The molecule has 0 fully saturated rings. The van der Waals surface area contributed by atoms with Gasteiger partial charge in [0.2, 0.25) is 0 Å². The van der Waals surface area contributed by atoms with Crippen LogP contribution >= 0.6 is 0 Å². The largest absolute Gasteiger partial charge is 0.487 e. The van der Waals surface area contributed by atoms with Crippen molar-refractivity contribution >= 4 is 0 Å². The van der Waals surface area contributed by atoms with Crippen LogP contribution in [0.2, 0.25) is 0 Å². The highest BCUT2D eigenvalue weighted by Gasteiger charge is 2.30. The van der Waals surface area contributed by atoms with Gasteiger partial charge in [0.05, 0.1) is 0 Å². The lowest BCUT2D eigenvalue weighted by Gasteiger charge is -2.16.